The van der Waals surface area contributed by atoms with E-state index in [0.717, 1.165) is 55.2 Å². The van der Waals surface area contributed by atoms with E-state index in [1.165, 1.54) is 15.6 Å². The molecule has 216 valence electrons. The van der Waals surface area contributed by atoms with Crippen molar-refractivity contribution in [2.75, 3.05) is 71.6 Å². The molecule has 10 nitrogen and oxygen atoms in total. The van der Waals surface area contributed by atoms with Gasteiger partial charge < -0.3 is 14.2 Å². The molecule has 2 aromatic carbocycles. The van der Waals surface area contributed by atoms with Crippen LogP contribution in [0.2, 0.25) is 0 Å². The maximum atomic E-state index is 13.9. The van der Waals surface area contributed by atoms with Crippen LogP contribution >= 0.6 is 11.3 Å². The Morgan fingerprint density at radius 2 is 1.70 bits per heavy atom. The first-order chi connectivity index (χ1) is 19.4. The lowest BCUT2D eigenvalue weighted by Gasteiger charge is -2.33. The predicted octanol–water partition coefficient (Wildman–Crippen LogP) is 3.47. The minimum Gasteiger partial charge on any atom is -0.497 e. The molecule has 3 heterocycles. The molecule has 0 N–H and O–H groups in total. The lowest BCUT2D eigenvalue weighted by molar-refractivity contribution is -0.123. The third-order valence-electron chi connectivity index (χ3n) is 7.54. The number of sulfonamides is 1. The maximum absolute atomic E-state index is 13.9. The zero-order chi connectivity index (χ0) is 28.1. The van der Waals surface area contributed by atoms with Crippen LogP contribution in [-0.4, -0.2) is 95.2 Å². The summed E-state index contributed by atoms with van der Waals surface area (Å²) in [4.78, 5) is 23.1. The normalized spacial score (nSPS) is 17.6. The van der Waals surface area contributed by atoms with Gasteiger partial charge in [0.05, 0.1) is 42.5 Å². The molecule has 0 bridgehead atoms. The van der Waals surface area contributed by atoms with E-state index < -0.39 is 10.0 Å². The van der Waals surface area contributed by atoms with Gasteiger partial charge in [-0.1, -0.05) is 11.3 Å². The summed E-state index contributed by atoms with van der Waals surface area (Å²) in [5, 5.41) is 0.670. The molecule has 3 aromatic rings. The van der Waals surface area contributed by atoms with Crippen molar-refractivity contribution in [1.82, 2.24) is 14.2 Å². The van der Waals surface area contributed by atoms with Crippen LogP contribution in [0.25, 0.3) is 10.2 Å². The summed E-state index contributed by atoms with van der Waals surface area (Å²) in [5.74, 6) is 1.09. The maximum Gasteiger partial charge on any atom is 0.243 e. The number of carbonyl (C=O) groups excluding carboxylic acids is 1. The Balaban J connectivity index is 1.29. The van der Waals surface area contributed by atoms with Crippen LogP contribution in [0.3, 0.4) is 0 Å². The summed E-state index contributed by atoms with van der Waals surface area (Å²) >= 11 is 1.48. The molecule has 1 aromatic heterocycles. The van der Waals surface area contributed by atoms with Gasteiger partial charge in [0.1, 0.15) is 11.5 Å². The van der Waals surface area contributed by atoms with Gasteiger partial charge in [0.2, 0.25) is 15.9 Å². The third kappa shape index (κ3) is 6.41. The van der Waals surface area contributed by atoms with E-state index >= 15 is 0 Å². The molecule has 0 atom stereocenters. The van der Waals surface area contributed by atoms with Crippen LogP contribution < -0.4 is 14.4 Å². The number of aromatic nitrogens is 1. The van der Waals surface area contributed by atoms with Crippen molar-refractivity contribution >= 4 is 42.6 Å². The Morgan fingerprint density at radius 1 is 1.02 bits per heavy atom. The smallest absolute Gasteiger partial charge is 0.243 e. The number of ether oxygens (including phenoxy) is 3. The highest BCUT2D eigenvalue weighted by molar-refractivity contribution is 7.89. The standard InChI is InChI=1S/C28H36N4O6S2/c1-36-22-4-7-24(8-5-22)40(34,35)31-14-10-21(11-15-31)27(33)32(13-3-12-30-16-18-38-19-17-30)28-29-25-9-6-23(37-2)20-26(25)39-28/h4-9,20-21H,3,10-19H2,1-2H3. The molecule has 0 saturated carbocycles. The summed E-state index contributed by atoms with van der Waals surface area (Å²) < 4.78 is 44.9. The van der Waals surface area contributed by atoms with Crippen molar-refractivity contribution in [1.29, 1.82) is 0 Å². The molecule has 2 saturated heterocycles. The number of hydrogen-bond donors (Lipinski definition) is 0. The number of amides is 1. The molecule has 5 rings (SSSR count). The number of methoxy groups -OCH3 is 2. The lowest BCUT2D eigenvalue weighted by Crippen LogP contribution is -2.45. The Hall–Kier alpha value is -2.77. The number of morpholine rings is 1. The fourth-order valence-electron chi connectivity index (χ4n) is 5.17. The minimum absolute atomic E-state index is 0.00879. The van der Waals surface area contributed by atoms with Gasteiger partial charge in [-0.25, -0.2) is 13.4 Å². The first-order valence-electron chi connectivity index (χ1n) is 13.6. The average molecular weight is 589 g/mol. The highest BCUT2D eigenvalue weighted by Gasteiger charge is 2.35. The van der Waals surface area contributed by atoms with Gasteiger partial charge in [-0.3, -0.25) is 14.6 Å². The van der Waals surface area contributed by atoms with Crippen molar-refractivity contribution in [2.45, 2.75) is 24.2 Å². The Morgan fingerprint density at radius 3 is 2.38 bits per heavy atom. The molecule has 2 fully saturated rings. The van der Waals surface area contributed by atoms with Gasteiger partial charge in [0, 0.05) is 45.2 Å². The second-order valence-electron chi connectivity index (χ2n) is 9.98. The number of anilines is 1. The molecule has 0 spiro atoms. The number of piperidine rings is 1. The van der Waals surface area contributed by atoms with Crippen LogP contribution in [0.5, 0.6) is 11.5 Å². The molecule has 0 unspecified atom stereocenters. The van der Waals surface area contributed by atoms with E-state index in [1.54, 1.807) is 38.5 Å². The topological polar surface area (TPSA) is 102 Å². The van der Waals surface area contributed by atoms with Crippen LogP contribution in [-0.2, 0) is 19.6 Å². The van der Waals surface area contributed by atoms with Gasteiger partial charge in [0.15, 0.2) is 5.13 Å². The Kier molecular flexibility index (Phi) is 9.21. The van der Waals surface area contributed by atoms with Crippen LogP contribution in [0.15, 0.2) is 47.4 Å². The van der Waals surface area contributed by atoms with Crippen molar-refractivity contribution in [3.63, 3.8) is 0 Å². The molecule has 0 radical (unpaired) electrons. The molecule has 40 heavy (non-hydrogen) atoms. The van der Waals surface area contributed by atoms with E-state index in [9.17, 15) is 13.2 Å². The molecular weight excluding hydrogens is 552 g/mol. The molecule has 2 aliphatic rings. The largest absolute Gasteiger partial charge is 0.497 e. The summed E-state index contributed by atoms with van der Waals surface area (Å²) in [7, 11) is -0.469. The van der Waals surface area contributed by atoms with E-state index in [0.29, 0.717) is 43.4 Å². The minimum atomic E-state index is -3.64. The quantitative estimate of drug-likeness (QED) is 0.355. The Labute approximate surface area is 239 Å². The van der Waals surface area contributed by atoms with Crippen LogP contribution in [0.1, 0.15) is 19.3 Å². The molecular formula is C28H36N4O6S2. The second kappa shape index (κ2) is 12.8. The van der Waals surface area contributed by atoms with Gasteiger partial charge in [-0.05, 0) is 61.7 Å². The predicted molar refractivity (Wildman–Crippen MR) is 155 cm³/mol. The first kappa shape index (κ1) is 28.7. The molecule has 0 aliphatic carbocycles. The number of benzene rings is 2. The van der Waals surface area contributed by atoms with Crippen molar-refractivity contribution in [2.24, 2.45) is 5.92 Å². The van der Waals surface area contributed by atoms with Crippen LogP contribution in [0.4, 0.5) is 5.13 Å². The van der Waals surface area contributed by atoms with E-state index in [2.05, 4.69) is 4.90 Å². The highest BCUT2D eigenvalue weighted by atomic mass is 32.2. The number of carbonyl (C=O) groups is 1. The molecule has 2 aliphatic heterocycles. The summed E-state index contributed by atoms with van der Waals surface area (Å²) in [5.41, 5.74) is 0.826. The van der Waals surface area contributed by atoms with Crippen molar-refractivity contribution in [3.8, 4) is 11.5 Å². The van der Waals surface area contributed by atoms with E-state index in [4.69, 9.17) is 19.2 Å². The number of thiazole rings is 1. The van der Waals surface area contributed by atoms with Gasteiger partial charge in [-0.15, -0.1) is 0 Å². The van der Waals surface area contributed by atoms with Gasteiger partial charge >= 0.3 is 0 Å². The summed E-state index contributed by atoms with van der Waals surface area (Å²) in [6, 6.07) is 12.1. The van der Waals surface area contributed by atoms with E-state index in [1.807, 2.05) is 23.1 Å². The second-order valence-corrected chi connectivity index (χ2v) is 12.9. The Bertz CT molecular complexity index is 1400. The molecule has 12 heteroatoms. The van der Waals surface area contributed by atoms with E-state index in [-0.39, 0.29) is 16.7 Å². The highest BCUT2D eigenvalue weighted by Crippen LogP contribution is 2.34. The summed E-state index contributed by atoms with van der Waals surface area (Å²) in [6.07, 6.45) is 1.75. The number of hydrogen-bond acceptors (Lipinski definition) is 9. The zero-order valence-electron chi connectivity index (χ0n) is 23.0. The fraction of sp³-hybridized carbons (Fsp3) is 0.500. The summed E-state index contributed by atoms with van der Waals surface area (Å²) in [6.45, 7) is 5.29. The fourth-order valence-corrected chi connectivity index (χ4v) is 7.67. The number of rotatable bonds is 10. The lowest BCUT2D eigenvalue weighted by atomic mass is 9.96. The zero-order valence-corrected chi connectivity index (χ0v) is 24.6. The van der Waals surface area contributed by atoms with Crippen LogP contribution in [0, 0.1) is 5.92 Å². The average Bonchev–Trinajstić information content (AvgIpc) is 3.42. The third-order valence-corrected chi connectivity index (χ3v) is 10.5. The molecule has 1 amide bonds. The SMILES string of the molecule is COc1ccc(S(=O)(=O)N2CCC(C(=O)N(CCCN3CCOCC3)c3nc4ccc(OC)cc4s3)CC2)cc1. The number of fused-ring (bicyclic) bond motifs is 1. The van der Waals surface area contributed by atoms with Gasteiger partial charge in [0.25, 0.3) is 0 Å². The number of nitrogens with zero attached hydrogens (tertiary/aromatic N) is 4. The first-order valence-corrected chi connectivity index (χ1v) is 15.8. The van der Waals surface area contributed by atoms with Crippen molar-refractivity contribution < 1.29 is 27.4 Å². The van der Waals surface area contributed by atoms with Gasteiger partial charge in [-0.2, -0.15) is 4.31 Å². The van der Waals surface area contributed by atoms with Crippen molar-refractivity contribution in [3.05, 3.63) is 42.5 Å². The monoisotopic (exact) mass is 588 g/mol.